The number of carbonyl (C=O) groups is 1. The number of nitrogens with zero attached hydrogens (tertiary/aromatic N) is 1. The monoisotopic (exact) mass is 301 g/mol. The van der Waals surface area contributed by atoms with Crippen LogP contribution in [0.4, 0.5) is 8.78 Å². The maximum absolute atomic E-state index is 12.4. The van der Waals surface area contributed by atoms with Crippen molar-refractivity contribution in [2.75, 3.05) is 13.7 Å². The number of aliphatic carboxylic acids is 1. The molecule has 0 radical (unpaired) electrons. The standard InChI is InChI=1S/C14H17F2NO4/c1-20-11-5-4-9(7-12(11)21-14(15)16)8-17-6-2-3-10(17)13(18)19/h4-5,7,10,14H,2-3,6,8H2,1H3,(H,18,19). The SMILES string of the molecule is COc1ccc(CN2CCCC2C(=O)O)cc1OC(F)F. The van der Waals surface area contributed by atoms with Crippen molar-refractivity contribution in [1.29, 1.82) is 0 Å². The maximum Gasteiger partial charge on any atom is 0.387 e. The molecule has 1 aliphatic heterocycles. The molecule has 7 heteroatoms. The molecule has 1 heterocycles. The highest BCUT2D eigenvalue weighted by atomic mass is 19.3. The van der Waals surface area contributed by atoms with Gasteiger partial charge in [-0.05, 0) is 37.1 Å². The quantitative estimate of drug-likeness (QED) is 0.874. The summed E-state index contributed by atoms with van der Waals surface area (Å²) < 4.78 is 34.1. The first-order valence-electron chi connectivity index (χ1n) is 6.60. The summed E-state index contributed by atoms with van der Waals surface area (Å²) >= 11 is 0. The molecule has 2 rings (SSSR count). The molecule has 0 amide bonds. The van der Waals surface area contributed by atoms with Gasteiger partial charge >= 0.3 is 12.6 Å². The Morgan fingerprint density at radius 3 is 2.86 bits per heavy atom. The number of hydrogen-bond acceptors (Lipinski definition) is 4. The third-order valence-corrected chi connectivity index (χ3v) is 3.48. The molecule has 0 saturated carbocycles. The third-order valence-electron chi connectivity index (χ3n) is 3.48. The fourth-order valence-corrected chi connectivity index (χ4v) is 2.54. The van der Waals surface area contributed by atoms with E-state index in [1.165, 1.54) is 13.2 Å². The Labute approximate surface area is 121 Å². The van der Waals surface area contributed by atoms with Gasteiger partial charge in [0.25, 0.3) is 0 Å². The summed E-state index contributed by atoms with van der Waals surface area (Å²) in [6.07, 6.45) is 1.42. The van der Waals surface area contributed by atoms with Gasteiger partial charge in [-0.2, -0.15) is 8.78 Å². The second-order valence-corrected chi connectivity index (χ2v) is 4.83. The molecule has 1 fully saturated rings. The molecular weight excluding hydrogens is 284 g/mol. The Bertz CT molecular complexity index is 510. The van der Waals surface area contributed by atoms with Crippen molar-refractivity contribution in [3.63, 3.8) is 0 Å². The highest BCUT2D eigenvalue weighted by molar-refractivity contribution is 5.73. The molecule has 1 atom stereocenters. The summed E-state index contributed by atoms with van der Waals surface area (Å²) in [5.74, 6) is -0.684. The lowest BCUT2D eigenvalue weighted by molar-refractivity contribution is -0.142. The molecule has 1 aliphatic rings. The Morgan fingerprint density at radius 1 is 1.48 bits per heavy atom. The van der Waals surface area contributed by atoms with Crippen LogP contribution in [0.5, 0.6) is 11.5 Å². The van der Waals surface area contributed by atoms with Crippen LogP contribution in [0.3, 0.4) is 0 Å². The van der Waals surface area contributed by atoms with Crippen LogP contribution in [0.2, 0.25) is 0 Å². The van der Waals surface area contributed by atoms with Crippen molar-refractivity contribution in [3.05, 3.63) is 23.8 Å². The van der Waals surface area contributed by atoms with Crippen molar-refractivity contribution in [2.45, 2.75) is 32.0 Å². The highest BCUT2D eigenvalue weighted by Crippen LogP contribution is 2.31. The van der Waals surface area contributed by atoms with E-state index < -0.39 is 18.6 Å². The summed E-state index contributed by atoms with van der Waals surface area (Å²) in [7, 11) is 1.37. The number of halogens is 2. The van der Waals surface area contributed by atoms with Crippen LogP contribution in [0, 0.1) is 0 Å². The summed E-state index contributed by atoms with van der Waals surface area (Å²) in [6, 6.07) is 4.20. The number of likely N-dealkylation sites (tertiary alicyclic amines) is 1. The van der Waals surface area contributed by atoms with Crippen LogP contribution < -0.4 is 9.47 Å². The van der Waals surface area contributed by atoms with Crippen LogP contribution in [0.1, 0.15) is 18.4 Å². The van der Waals surface area contributed by atoms with E-state index >= 15 is 0 Å². The lowest BCUT2D eigenvalue weighted by Crippen LogP contribution is -2.35. The zero-order valence-electron chi connectivity index (χ0n) is 11.6. The molecule has 1 aromatic rings. The first-order valence-corrected chi connectivity index (χ1v) is 6.60. The lowest BCUT2D eigenvalue weighted by atomic mass is 10.1. The molecule has 1 unspecified atom stereocenters. The predicted octanol–water partition coefficient (Wildman–Crippen LogP) is 2.35. The second-order valence-electron chi connectivity index (χ2n) is 4.83. The zero-order valence-corrected chi connectivity index (χ0v) is 11.6. The third kappa shape index (κ3) is 3.81. The number of methoxy groups -OCH3 is 1. The average molecular weight is 301 g/mol. The number of ether oxygens (including phenoxy) is 2. The van der Waals surface area contributed by atoms with E-state index in [2.05, 4.69) is 4.74 Å². The number of benzene rings is 1. The Morgan fingerprint density at radius 2 is 2.24 bits per heavy atom. The summed E-state index contributed by atoms with van der Waals surface area (Å²) in [4.78, 5) is 12.9. The Hall–Kier alpha value is -1.89. The highest BCUT2D eigenvalue weighted by Gasteiger charge is 2.30. The average Bonchev–Trinajstić information content (AvgIpc) is 2.86. The summed E-state index contributed by atoms with van der Waals surface area (Å²) in [5.41, 5.74) is 0.708. The van der Waals surface area contributed by atoms with E-state index in [0.29, 0.717) is 25.1 Å². The second kappa shape index (κ2) is 6.71. The van der Waals surface area contributed by atoms with Crippen molar-refractivity contribution < 1.29 is 28.2 Å². The molecule has 1 aromatic carbocycles. The zero-order chi connectivity index (χ0) is 15.4. The van der Waals surface area contributed by atoms with Gasteiger partial charge in [0.15, 0.2) is 11.5 Å². The number of carboxylic acid groups (broad SMARTS) is 1. The van der Waals surface area contributed by atoms with Crippen LogP contribution >= 0.6 is 0 Å². The summed E-state index contributed by atoms with van der Waals surface area (Å²) in [6.45, 7) is -1.89. The molecule has 1 saturated heterocycles. The van der Waals surface area contributed by atoms with E-state index in [1.54, 1.807) is 12.1 Å². The molecular formula is C14H17F2NO4. The predicted molar refractivity (Wildman–Crippen MR) is 70.7 cm³/mol. The van der Waals surface area contributed by atoms with Gasteiger partial charge < -0.3 is 14.6 Å². The van der Waals surface area contributed by atoms with Gasteiger partial charge in [-0.25, -0.2) is 0 Å². The topological polar surface area (TPSA) is 59.0 Å². The minimum atomic E-state index is -2.94. The van der Waals surface area contributed by atoms with Crippen molar-refractivity contribution in [3.8, 4) is 11.5 Å². The van der Waals surface area contributed by atoms with Gasteiger partial charge in [-0.1, -0.05) is 6.07 Å². The maximum atomic E-state index is 12.4. The minimum absolute atomic E-state index is 0.0453. The first-order chi connectivity index (χ1) is 10.0. The fraction of sp³-hybridized carbons (Fsp3) is 0.500. The Kier molecular flexibility index (Phi) is 4.95. The largest absolute Gasteiger partial charge is 0.493 e. The molecule has 5 nitrogen and oxygen atoms in total. The van der Waals surface area contributed by atoms with E-state index in [9.17, 15) is 13.6 Å². The van der Waals surface area contributed by atoms with Crippen molar-refractivity contribution >= 4 is 5.97 Å². The number of hydrogen-bond donors (Lipinski definition) is 1. The fourth-order valence-electron chi connectivity index (χ4n) is 2.54. The first kappa shape index (κ1) is 15.5. The van der Waals surface area contributed by atoms with Crippen molar-refractivity contribution in [1.82, 2.24) is 4.90 Å². The number of alkyl halides is 2. The lowest BCUT2D eigenvalue weighted by Gasteiger charge is -2.21. The van der Waals surface area contributed by atoms with Crippen LogP contribution in [-0.2, 0) is 11.3 Å². The van der Waals surface area contributed by atoms with Gasteiger partial charge in [0.1, 0.15) is 6.04 Å². The number of rotatable bonds is 6. The Balaban J connectivity index is 2.14. The summed E-state index contributed by atoms with van der Waals surface area (Å²) in [5, 5.41) is 9.13. The van der Waals surface area contributed by atoms with Crippen LogP contribution in [0.15, 0.2) is 18.2 Å². The minimum Gasteiger partial charge on any atom is -0.493 e. The smallest absolute Gasteiger partial charge is 0.387 e. The van der Waals surface area contributed by atoms with Crippen LogP contribution in [0.25, 0.3) is 0 Å². The number of carboxylic acids is 1. The van der Waals surface area contributed by atoms with E-state index in [-0.39, 0.29) is 11.5 Å². The molecule has 21 heavy (non-hydrogen) atoms. The van der Waals surface area contributed by atoms with Gasteiger partial charge in [-0.15, -0.1) is 0 Å². The van der Waals surface area contributed by atoms with Gasteiger partial charge in [-0.3, -0.25) is 9.69 Å². The molecule has 0 bridgehead atoms. The molecule has 0 aliphatic carbocycles. The molecule has 0 spiro atoms. The van der Waals surface area contributed by atoms with Gasteiger partial charge in [0.05, 0.1) is 7.11 Å². The van der Waals surface area contributed by atoms with Gasteiger partial charge in [0.2, 0.25) is 0 Å². The van der Waals surface area contributed by atoms with E-state index in [0.717, 1.165) is 6.42 Å². The van der Waals surface area contributed by atoms with Crippen LogP contribution in [-0.4, -0.2) is 42.3 Å². The van der Waals surface area contributed by atoms with Gasteiger partial charge in [0, 0.05) is 6.54 Å². The molecule has 0 aromatic heterocycles. The van der Waals surface area contributed by atoms with Crippen molar-refractivity contribution in [2.24, 2.45) is 0 Å². The van der Waals surface area contributed by atoms with E-state index in [4.69, 9.17) is 9.84 Å². The normalized spacial score (nSPS) is 19.0. The molecule has 116 valence electrons. The van der Waals surface area contributed by atoms with E-state index in [1.807, 2.05) is 4.90 Å². The molecule has 1 N–H and O–H groups in total.